The van der Waals surface area contributed by atoms with Crippen LogP contribution in [0.5, 0.6) is 0 Å². The molecule has 2 aromatic rings. The third-order valence-corrected chi connectivity index (χ3v) is 9.43. The predicted octanol–water partition coefficient (Wildman–Crippen LogP) is 4.75. The summed E-state index contributed by atoms with van der Waals surface area (Å²) in [7, 11) is 0. The Labute approximate surface area is 203 Å². The molecule has 34 heavy (non-hydrogen) atoms. The lowest BCUT2D eigenvalue weighted by Gasteiger charge is -2.34. The summed E-state index contributed by atoms with van der Waals surface area (Å²) in [6, 6.07) is 17.4. The van der Waals surface area contributed by atoms with E-state index in [0.717, 1.165) is 44.3 Å². The van der Waals surface area contributed by atoms with Gasteiger partial charge in [-0.2, -0.15) is 0 Å². The number of carbonyl (C=O) groups excluding carboxylic acids is 1. The van der Waals surface area contributed by atoms with E-state index in [2.05, 4.69) is 35.3 Å². The quantitative estimate of drug-likeness (QED) is 0.657. The molecule has 1 aliphatic heterocycles. The number of piperidine rings is 1. The molecule has 0 radical (unpaired) electrons. The lowest BCUT2D eigenvalue weighted by molar-refractivity contribution is -0.147. The van der Waals surface area contributed by atoms with Gasteiger partial charge in [0.05, 0.1) is 0 Å². The zero-order valence-electron chi connectivity index (χ0n) is 20.4. The minimum absolute atomic E-state index is 0.00835. The van der Waals surface area contributed by atoms with E-state index in [1.807, 2.05) is 30.3 Å². The molecule has 4 nitrogen and oxygen atoms in total. The number of aryl methyl sites for hydroxylation is 2. The van der Waals surface area contributed by atoms with Crippen molar-refractivity contribution in [1.82, 2.24) is 10.2 Å². The van der Waals surface area contributed by atoms with Crippen LogP contribution in [-0.4, -0.2) is 35.0 Å². The van der Waals surface area contributed by atoms with E-state index in [9.17, 15) is 9.90 Å². The Morgan fingerprint density at radius 2 is 1.65 bits per heavy atom. The molecule has 0 spiro atoms. The topological polar surface area (TPSA) is 52.6 Å². The highest BCUT2D eigenvalue weighted by molar-refractivity contribution is 5.87. The molecule has 2 saturated carbocycles. The number of aliphatic hydroxyl groups is 1. The smallest absolute Gasteiger partial charge is 0.257 e. The van der Waals surface area contributed by atoms with Crippen molar-refractivity contribution in [3.05, 3.63) is 70.8 Å². The summed E-state index contributed by atoms with van der Waals surface area (Å²) in [4.78, 5) is 16.1. The predicted molar refractivity (Wildman–Crippen MR) is 134 cm³/mol. The van der Waals surface area contributed by atoms with Gasteiger partial charge in [0.25, 0.3) is 5.91 Å². The first-order valence-corrected chi connectivity index (χ1v) is 13.5. The number of benzene rings is 2. The van der Waals surface area contributed by atoms with Gasteiger partial charge in [-0.05, 0) is 79.5 Å². The Morgan fingerprint density at radius 3 is 2.35 bits per heavy atom. The summed E-state index contributed by atoms with van der Waals surface area (Å²) in [5, 5.41) is 15.1. The summed E-state index contributed by atoms with van der Waals surface area (Å²) in [5.74, 6) is 0.841. The number of hydrogen-bond acceptors (Lipinski definition) is 3. The van der Waals surface area contributed by atoms with E-state index >= 15 is 0 Å². The molecule has 3 aliphatic carbocycles. The van der Waals surface area contributed by atoms with Crippen molar-refractivity contribution >= 4 is 5.91 Å². The van der Waals surface area contributed by atoms with Gasteiger partial charge in [-0.25, -0.2) is 0 Å². The van der Waals surface area contributed by atoms with Crippen LogP contribution in [0, 0.1) is 17.8 Å². The standard InChI is InChI=1S/C30H38N2O2/c1-20(22-16-15-21-9-5-6-10-23(21)17-22)32-18-26-27(19-32)28(26)31-29(33)30(34,25-13-7-8-14-25)24-11-3-2-4-12-24/h2-4,11-12,15-17,20,25-28,34H,5-10,13-14,18-19H2,1H3,(H,31,33). The van der Waals surface area contributed by atoms with Gasteiger partial charge < -0.3 is 10.4 Å². The minimum Gasteiger partial charge on any atom is -0.375 e. The van der Waals surface area contributed by atoms with Crippen LogP contribution in [0.25, 0.3) is 0 Å². The fourth-order valence-corrected chi connectivity index (χ4v) is 7.16. The van der Waals surface area contributed by atoms with Gasteiger partial charge in [0.15, 0.2) is 5.60 Å². The van der Waals surface area contributed by atoms with Crippen molar-refractivity contribution in [1.29, 1.82) is 0 Å². The van der Waals surface area contributed by atoms with Crippen LogP contribution in [0.1, 0.15) is 73.7 Å². The number of likely N-dealkylation sites (tertiary alicyclic amines) is 1. The van der Waals surface area contributed by atoms with Gasteiger partial charge in [0.1, 0.15) is 0 Å². The number of carbonyl (C=O) groups is 1. The van der Waals surface area contributed by atoms with Crippen molar-refractivity contribution in [3.63, 3.8) is 0 Å². The molecule has 2 N–H and O–H groups in total. The molecular formula is C30H38N2O2. The molecule has 1 amide bonds. The van der Waals surface area contributed by atoms with Crippen molar-refractivity contribution < 1.29 is 9.90 Å². The van der Waals surface area contributed by atoms with Gasteiger partial charge in [0, 0.05) is 31.1 Å². The highest BCUT2D eigenvalue weighted by Gasteiger charge is 2.59. The van der Waals surface area contributed by atoms with Gasteiger partial charge in [-0.3, -0.25) is 9.69 Å². The fraction of sp³-hybridized carbons (Fsp3) is 0.567. The molecule has 1 saturated heterocycles. The molecule has 4 aliphatic rings. The van der Waals surface area contributed by atoms with Crippen LogP contribution in [-0.2, 0) is 23.2 Å². The third kappa shape index (κ3) is 3.79. The average Bonchev–Trinajstić information content (AvgIpc) is 3.29. The lowest BCUT2D eigenvalue weighted by Crippen LogP contribution is -2.51. The molecule has 180 valence electrons. The van der Waals surface area contributed by atoms with E-state index in [1.54, 1.807) is 11.1 Å². The van der Waals surface area contributed by atoms with Crippen LogP contribution in [0.4, 0.5) is 0 Å². The van der Waals surface area contributed by atoms with Crippen LogP contribution in [0.2, 0.25) is 0 Å². The molecule has 4 unspecified atom stereocenters. The zero-order valence-corrected chi connectivity index (χ0v) is 20.4. The maximum Gasteiger partial charge on any atom is 0.257 e. The number of hydrogen-bond donors (Lipinski definition) is 2. The molecular weight excluding hydrogens is 420 g/mol. The van der Waals surface area contributed by atoms with E-state index in [1.165, 1.54) is 31.2 Å². The molecule has 0 bridgehead atoms. The zero-order chi connectivity index (χ0) is 23.3. The van der Waals surface area contributed by atoms with Crippen LogP contribution in [0.3, 0.4) is 0 Å². The number of nitrogens with one attached hydrogen (secondary N) is 1. The van der Waals surface area contributed by atoms with Crippen LogP contribution < -0.4 is 5.32 Å². The Morgan fingerprint density at radius 1 is 0.971 bits per heavy atom. The SMILES string of the molecule is CC(c1ccc2c(c1)CCCC2)N1CC2C(C1)C2NC(=O)C(O)(c1ccccc1)C1CCCC1. The van der Waals surface area contributed by atoms with E-state index in [4.69, 9.17) is 0 Å². The fourth-order valence-electron chi connectivity index (χ4n) is 7.16. The van der Waals surface area contributed by atoms with E-state index in [0.29, 0.717) is 17.9 Å². The maximum atomic E-state index is 13.5. The summed E-state index contributed by atoms with van der Waals surface area (Å²) < 4.78 is 0. The second kappa shape index (κ2) is 8.80. The second-order valence-electron chi connectivity index (χ2n) is 11.3. The highest BCUT2D eigenvalue weighted by atomic mass is 16.3. The molecule has 2 aromatic carbocycles. The van der Waals surface area contributed by atoms with Crippen molar-refractivity contribution in [2.24, 2.45) is 17.8 Å². The number of amides is 1. The highest BCUT2D eigenvalue weighted by Crippen LogP contribution is 2.49. The Hall–Kier alpha value is -2.17. The first kappa shape index (κ1) is 22.3. The Balaban J connectivity index is 1.11. The first-order chi connectivity index (χ1) is 16.6. The summed E-state index contributed by atoms with van der Waals surface area (Å²) in [6.45, 7) is 4.39. The second-order valence-corrected chi connectivity index (χ2v) is 11.3. The van der Waals surface area contributed by atoms with Gasteiger partial charge in [0.2, 0.25) is 0 Å². The van der Waals surface area contributed by atoms with Crippen molar-refractivity contribution in [3.8, 4) is 0 Å². The number of rotatable bonds is 6. The van der Waals surface area contributed by atoms with Gasteiger partial charge in [-0.1, -0.05) is 61.4 Å². The largest absolute Gasteiger partial charge is 0.375 e. The van der Waals surface area contributed by atoms with Crippen molar-refractivity contribution in [2.45, 2.75) is 76.0 Å². The van der Waals surface area contributed by atoms with Gasteiger partial charge in [-0.15, -0.1) is 0 Å². The molecule has 4 heteroatoms. The monoisotopic (exact) mass is 458 g/mol. The first-order valence-electron chi connectivity index (χ1n) is 13.5. The van der Waals surface area contributed by atoms with E-state index < -0.39 is 5.60 Å². The lowest BCUT2D eigenvalue weighted by atomic mass is 9.79. The third-order valence-electron chi connectivity index (χ3n) is 9.43. The van der Waals surface area contributed by atoms with Gasteiger partial charge >= 0.3 is 0 Å². The number of nitrogens with zero attached hydrogens (tertiary/aromatic N) is 1. The van der Waals surface area contributed by atoms with Crippen LogP contribution in [0.15, 0.2) is 48.5 Å². The normalized spacial score (nSPS) is 29.2. The van der Waals surface area contributed by atoms with E-state index in [-0.39, 0.29) is 17.9 Å². The summed E-state index contributed by atoms with van der Waals surface area (Å²) >= 11 is 0. The molecule has 0 aromatic heterocycles. The Bertz CT molecular complexity index is 1040. The summed E-state index contributed by atoms with van der Waals surface area (Å²) in [5.41, 5.74) is 3.86. The van der Waals surface area contributed by atoms with Crippen LogP contribution >= 0.6 is 0 Å². The molecule has 4 atom stereocenters. The average molecular weight is 459 g/mol. The summed E-state index contributed by atoms with van der Waals surface area (Å²) in [6.07, 6.45) is 9.12. The Kier molecular flexibility index (Phi) is 5.77. The molecule has 6 rings (SSSR count). The molecule has 3 fully saturated rings. The minimum atomic E-state index is -1.41. The van der Waals surface area contributed by atoms with Crippen molar-refractivity contribution in [2.75, 3.05) is 13.1 Å². The number of fused-ring (bicyclic) bond motifs is 2. The molecule has 1 heterocycles. The maximum absolute atomic E-state index is 13.5.